The Morgan fingerprint density at radius 1 is 1.31 bits per heavy atom. The summed E-state index contributed by atoms with van der Waals surface area (Å²) in [6, 6.07) is 9.76. The maximum Gasteiger partial charge on any atom is 0.270 e. The van der Waals surface area contributed by atoms with E-state index < -0.39 is 16.6 Å². The number of nitro groups is 1. The van der Waals surface area contributed by atoms with Crippen molar-refractivity contribution in [3.8, 4) is 0 Å². The summed E-state index contributed by atoms with van der Waals surface area (Å²) in [5.74, 6) is -0.965. The number of nitro benzene ring substituents is 1. The van der Waals surface area contributed by atoms with Gasteiger partial charge in [0, 0.05) is 34.5 Å². The summed E-state index contributed by atoms with van der Waals surface area (Å²) in [6.45, 7) is 0.0954. The number of hydrogen-bond donors (Lipinski definition) is 1. The largest absolute Gasteiger partial charge is 0.319 e. The lowest BCUT2D eigenvalue weighted by Gasteiger charge is -2.06. The van der Waals surface area contributed by atoms with Gasteiger partial charge in [-0.25, -0.2) is 4.39 Å². The topological polar surface area (TPSA) is 90.1 Å². The molecule has 2 aromatic carbocycles. The van der Waals surface area contributed by atoms with E-state index in [2.05, 4.69) is 10.4 Å². The molecule has 3 rings (SSSR count). The van der Waals surface area contributed by atoms with Crippen LogP contribution in [0.3, 0.4) is 0 Å². The molecule has 26 heavy (non-hydrogen) atoms. The van der Waals surface area contributed by atoms with Crippen molar-refractivity contribution in [3.05, 3.63) is 86.9 Å². The molecule has 0 saturated carbocycles. The molecule has 0 aliphatic heterocycles. The Kier molecular flexibility index (Phi) is 4.94. The molecule has 0 spiro atoms. The zero-order valence-electron chi connectivity index (χ0n) is 13.2. The number of nitrogens with one attached hydrogen (secondary N) is 1. The van der Waals surface area contributed by atoms with E-state index in [4.69, 9.17) is 11.6 Å². The van der Waals surface area contributed by atoms with E-state index in [0.29, 0.717) is 5.69 Å². The minimum absolute atomic E-state index is 0.0954. The van der Waals surface area contributed by atoms with E-state index >= 15 is 0 Å². The zero-order chi connectivity index (χ0) is 18.7. The third kappa shape index (κ3) is 3.86. The predicted octanol–water partition coefficient (Wildman–Crippen LogP) is 3.88. The summed E-state index contributed by atoms with van der Waals surface area (Å²) < 4.78 is 15.3. The van der Waals surface area contributed by atoms with Crippen LogP contribution in [0, 0.1) is 15.9 Å². The summed E-state index contributed by atoms with van der Waals surface area (Å²) >= 11 is 5.99. The normalized spacial score (nSPS) is 10.5. The quantitative estimate of drug-likeness (QED) is 0.542. The van der Waals surface area contributed by atoms with E-state index in [1.165, 1.54) is 53.5 Å². The Morgan fingerprint density at radius 3 is 2.81 bits per heavy atom. The van der Waals surface area contributed by atoms with E-state index in [9.17, 15) is 19.3 Å². The average Bonchev–Trinajstić information content (AvgIpc) is 3.05. The van der Waals surface area contributed by atoms with Crippen LogP contribution in [0.15, 0.2) is 54.9 Å². The molecule has 0 fully saturated rings. The van der Waals surface area contributed by atoms with Gasteiger partial charge >= 0.3 is 0 Å². The number of hydrogen-bond acceptors (Lipinski definition) is 4. The van der Waals surface area contributed by atoms with Crippen LogP contribution in [0.25, 0.3) is 0 Å². The molecule has 0 unspecified atom stereocenters. The van der Waals surface area contributed by atoms with Crippen LogP contribution in [0.1, 0.15) is 15.9 Å². The smallest absolute Gasteiger partial charge is 0.270 e. The molecular weight excluding hydrogens is 363 g/mol. The molecule has 7 nitrogen and oxygen atoms in total. The molecule has 0 atom stereocenters. The van der Waals surface area contributed by atoms with Gasteiger partial charge < -0.3 is 5.32 Å². The second-order valence-corrected chi connectivity index (χ2v) is 5.80. The maximum atomic E-state index is 13.8. The first-order chi connectivity index (χ1) is 12.4. The molecular formula is C17H12ClFN4O3. The van der Waals surface area contributed by atoms with Crippen molar-refractivity contribution in [1.29, 1.82) is 0 Å². The SMILES string of the molecule is O=C(Nc1cnn(Cc2c(F)cccc2Cl)c1)c1cccc([N+](=O)[O-])c1. The summed E-state index contributed by atoms with van der Waals surface area (Å²) in [4.78, 5) is 22.4. The molecule has 1 aromatic heterocycles. The van der Waals surface area contributed by atoms with Crippen LogP contribution >= 0.6 is 11.6 Å². The fourth-order valence-electron chi connectivity index (χ4n) is 2.32. The third-order valence-electron chi connectivity index (χ3n) is 3.59. The molecule has 132 valence electrons. The number of carbonyl (C=O) groups excluding carboxylic acids is 1. The van der Waals surface area contributed by atoms with Gasteiger partial charge in [-0.3, -0.25) is 19.6 Å². The van der Waals surface area contributed by atoms with Crippen molar-refractivity contribution in [1.82, 2.24) is 9.78 Å². The lowest BCUT2D eigenvalue weighted by atomic mass is 10.2. The number of rotatable bonds is 5. The standard InChI is InChI=1S/C17H12ClFN4O3/c18-15-5-2-6-16(19)14(15)10-22-9-12(8-20-22)21-17(24)11-3-1-4-13(7-11)23(25)26/h1-9H,10H2,(H,21,24). The van der Waals surface area contributed by atoms with Gasteiger partial charge in [0.1, 0.15) is 5.82 Å². The highest BCUT2D eigenvalue weighted by atomic mass is 35.5. The average molecular weight is 375 g/mol. The predicted molar refractivity (Wildman–Crippen MR) is 93.8 cm³/mol. The molecule has 1 N–H and O–H groups in total. The molecule has 0 aliphatic rings. The van der Waals surface area contributed by atoms with Gasteiger partial charge in [0.2, 0.25) is 0 Å². The van der Waals surface area contributed by atoms with Crippen LogP contribution < -0.4 is 5.32 Å². The Labute approximate surface area is 152 Å². The first-order valence-electron chi connectivity index (χ1n) is 7.45. The second-order valence-electron chi connectivity index (χ2n) is 5.39. The monoisotopic (exact) mass is 374 g/mol. The minimum Gasteiger partial charge on any atom is -0.319 e. The Balaban J connectivity index is 1.73. The highest BCUT2D eigenvalue weighted by Crippen LogP contribution is 2.21. The van der Waals surface area contributed by atoms with Gasteiger partial charge in [-0.15, -0.1) is 0 Å². The number of aromatic nitrogens is 2. The molecule has 0 aliphatic carbocycles. The molecule has 0 bridgehead atoms. The number of halogens is 2. The lowest BCUT2D eigenvalue weighted by Crippen LogP contribution is -2.11. The Bertz CT molecular complexity index is 969. The number of benzene rings is 2. The van der Waals surface area contributed by atoms with E-state index in [1.54, 1.807) is 6.07 Å². The summed E-state index contributed by atoms with van der Waals surface area (Å²) in [6.07, 6.45) is 2.90. The van der Waals surface area contributed by atoms with Gasteiger partial charge in [-0.1, -0.05) is 23.7 Å². The van der Waals surface area contributed by atoms with Gasteiger partial charge in [0.25, 0.3) is 11.6 Å². The van der Waals surface area contributed by atoms with Crippen molar-refractivity contribution in [2.75, 3.05) is 5.32 Å². The van der Waals surface area contributed by atoms with Crippen LogP contribution in [-0.2, 0) is 6.54 Å². The van der Waals surface area contributed by atoms with Crippen LogP contribution in [-0.4, -0.2) is 20.6 Å². The van der Waals surface area contributed by atoms with E-state index in [-0.39, 0.29) is 28.4 Å². The molecule has 0 radical (unpaired) electrons. The van der Waals surface area contributed by atoms with E-state index in [0.717, 1.165) is 0 Å². The lowest BCUT2D eigenvalue weighted by molar-refractivity contribution is -0.384. The molecule has 1 amide bonds. The molecule has 1 heterocycles. The highest BCUT2D eigenvalue weighted by molar-refractivity contribution is 6.31. The van der Waals surface area contributed by atoms with Crippen molar-refractivity contribution >= 4 is 28.9 Å². The first kappa shape index (κ1) is 17.6. The highest BCUT2D eigenvalue weighted by Gasteiger charge is 2.13. The van der Waals surface area contributed by atoms with Gasteiger partial charge in [-0.2, -0.15) is 5.10 Å². The number of non-ortho nitro benzene ring substituents is 1. The molecule has 3 aromatic rings. The fourth-order valence-corrected chi connectivity index (χ4v) is 2.55. The van der Waals surface area contributed by atoms with Crippen molar-refractivity contribution in [3.63, 3.8) is 0 Å². The number of nitrogens with zero attached hydrogens (tertiary/aromatic N) is 3. The van der Waals surface area contributed by atoms with Gasteiger partial charge in [-0.05, 0) is 18.2 Å². The molecule has 0 saturated heterocycles. The number of anilines is 1. The van der Waals surface area contributed by atoms with Gasteiger partial charge in [0.15, 0.2) is 0 Å². The Hall–Kier alpha value is -3.26. The Morgan fingerprint density at radius 2 is 2.08 bits per heavy atom. The van der Waals surface area contributed by atoms with Crippen LogP contribution in [0.5, 0.6) is 0 Å². The van der Waals surface area contributed by atoms with Crippen molar-refractivity contribution in [2.45, 2.75) is 6.54 Å². The molecule has 9 heteroatoms. The zero-order valence-corrected chi connectivity index (χ0v) is 14.0. The second kappa shape index (κ2) is 7.32. The maximum absolute atomic E-state index is 13.8. The summed E-state index contributed by atoms with van der Waals surface area (Å²) in [5, 5.41) is 17.7. The number of carbonyl (C=O) groups is 1. The van der Waals surface area contributed by atoms with Crippen molar-refractivity contribution < 1.29 is 14.1 Å². The first-order valence-corrected chi connectivity index (χ1v) is 7.83. The van der Waals surface area contributed by atoms with Gasteiger partial charge in [0.05, 0.1) is 23.4 Å². The third-order valence-corrected chi connectivity index (χ3v) is 3.95. The number of amides is 1. The van der Waals surface area contributed by atoms with Crippen molar-refractivity contribution in [2.24, 2.45) is 0 Å². The van der Waals surface area contributed by atoms with Crippen LogP contribution in [0.4, 0.5) is 15.8 Å². The van der Waals surface area contributed by atoms with E-state index in [1.807, 2.05) is 0 Å². The fraction of sp³-hybridized carbons (Fsp3) is 0.0588. The minimum atomic E-state index is -0.576. The van der Waals surface area contributed by atoms with Crippen LogP contribution in [0.2, 0.25) is 5.02 Å². The summed E-state index contributed by atoms with van der Waals surface area (Å²) in [5.41, 5.74) is 0.620. The summed E-state index contributed by atoms with van der Waals surface area (Å²) in [7, 11) is 0.